The van der Waals surface area contributed by atoms with Gasteiger partial charge in [-0.05, 0) is 31.2 Å². The van der Waals surface area contributed by atoms with Crippen LogP contribution in [0.5, 0.6) is 0 Å². The van der Waals surface area contributed by atoms with Crippen molar-refractivity contribution in [3.05, 3.63) is 72.2 Å². The Morgan fingerprint density at radius 3 is 2.68 bits per heavy atom. The molecular formula is C20H17N5O2S. The number of amidine groups is 1. The molecule has 0 bridgehead atoms. The third-order valence-corrected chi connectivity index (χ3v) is 5.06. The van der Waals surface area contributed by atoms with Gasteiger partial charge in [0.15, 0.2) is 16.7 Å². The summed E-state index contributed by atoms with van der Waals surface area (Å²) in [5.74, 6) is 0.128. The van der Waals surface area contributed by atoms with Crippen LogP contribution < -0.4 is 10.2 Å². The van der Waals surface area contributed by atoms with Crippen LogP contribution in [0.2, 0.25) is 0 Å². The highest BCUT2D eigenvalue weighted by Gasteiger charge is 2.30. The van der Waals surface area contributed by atoms with Crippen molar-refractivity contribution in [3.63, 3.8) is 0 Å². The molecule has 2 amide bonds. The number of hydrogen-bond acceptors (Lipinski definition) is 5. The summed E-state index contributed by atoms with van der Waals surface area (Å²) in [6, 6.07) is 16.8. The number of para-hydroxylation sites is 1. The van der Waals surface area contributed by atoms with Gasteiger partial charge in [-0.15, -0.1) is 0 Å². The molecule has 0 spiro atoms. The Balaban J connectivity index is 1.60. The van der Waals surface area contributed by atoms with Gasteiger partial charge >= 0.3 is 0 Å². The van der Waals surface area contributed by atoms with Crippen molar-refractivity contribution in [3.8, 4) is 0 Å². The average molecular weight is 391 g/mol. The number of nitrogens with zero attached hydrogens (tertiary/aromatic N) is 3. The molecule has 1 aromatic heterocycles. The standard InChI is InChI=1S/C20H17N5O2S/c1-13-7-9-14(10-8-13)23-19(27)17-18(22-12-21-17)24-20-25(16(26)11-28-20)15-5-3-2-4-6-15/h2-10,12H,11H2,1H3,(H,21,22)(H,23,27). The van der Waals surface area contributed by atoms with E-state index in [0.29, 0.717) is 16.6 Å². The van der Waals surface area contributed by atoms with Crippen molar-refractivity contribution < 1.29 is 9.59 Å². The first-order chi connectivity index (χ1) is 13.6. The largest absolute Gasteiger partial charge is 0.339 e. The first-order valence-electron chi connectivity index (χ1n) is 8.63. The summed E-state index contributed by atoms with van der Waals surface area (Å²) in [6.07, 6.45) is 1.41. The highest BCUT2D eigenvalue weighted by molar-refractivity contribution is 8.15. The third kappa shape index (κ3) is 3.67. The molecule has 3 aromatic rings. The highest BCUT2D eigenvalue weighted by atomic mass is 32.2. The lowest BCUT2D eigenvalue weighted by Crippen LogP contribution is -2.29. The number of aliphatic imine (C=N–C) groups is 1. The minimum atomic E-state index is -0.346. The molecule has 8 heteroatoms. The average Bonchev–Trinajstić information content (AvgIpc) is 3.31. The van der Waals surface area contributed by atoms with Crippen molar-refractivity contribution in [1.29, 1.82) is 0 Å². The summed E-state index contributed by atoms with van der Waals surface area (Å²) in [4.78, 5) is 38.0. The molecule has 140 valence electrons. The van der Waals surface area contributed by atoms with E-state index in [4.69, 9.17) is 0 Å². The van der Waals surface area contributed by atoms with Crippen molar-refractivity contribution in [2.24, 2.45) is 4.99 Å². The monoisotopic (exact) mass is 391 g/mol. The summed E-state index contributed by atoms with van der Waals surface area (Å²) in [6.45, 7) is 1.98. The predicted molar refractivity (Wildman–Crippen MR) is 111 cm³/mol. The van der Waals surface area contributed by atoms with Gasteiger partial charge in [0.05, 0.1) is 17.8 Å². The fraction of sp³-hybridized carbons (Fsp3) is 0.100. The quantitative estimate of drug-likeness (QED) is 0.709. The number of aromatic amines is 1. The number of aryl methyl sites for hydroxylation is 1. The molecule has 1 saturated heterocycles. The zero-order chi connectivity index (χ0) is 19.5. The van der Waals surface area contributed by atoms with Gasteiger partial charge in [-0.3, -0.25) is 14.5 Å². The van der Waals surface area contributed by atoms with Crippen molar-refractivity contribution in [2.75, 3.05) is 16.0 Å². The van der Waals surface area contributed by atoms with Gasteiger partial charge in [-0.2, -0.15) is 0 Å². The molecule has 0 aliphatic carbocycles. The number of thioether (sulfide) groups is 1. The van der Waals surface area contributed by atoms with Crippen LogP contribution in [-0.2, 0) is 4.79 Å². The molecule has 1 fully saturated rings. The van der Waals surface area contributed by atoms with E-state index in [2.05, 4.69) is 20.3 Å². The Kier molecular flexibility index (Phi) is 4.94. The Hall–Kier alpha value is -3.39. The fourth-order valence-electron chi connectivity index (χ4n) is 2.74. The fourth-order valence-corrected chi connectivity index (χ4v) is 3.60. The number of hydrogen-bond donors (Lipinski definition) is 2. The molecule has 0 radical (unpaired) electrons. The van der Waals surface area contributed by atoms with E-state index in [-0.39, 0.29) is 23.3 Å². The van der Waals surface area contributed by atoms with E-state index < -0.39 is 0 Å². The van der Waals surface area contributed by atoms with Crippen LogP contribution in [0.1, 0.15) is 16.1 Å². The minimum Gasteiger partial charge on any atom is -0.339 e. The Morgan fingerprint density at radius 1 is 1.18 bits per heavy atom. The van der Waals surface area contributed by atoms with E-state index in [9.17, 15) is 9.59 Å². The molecule has 1 aliphatic rings. The molecule has 0 atom stereocenters. The van der Waals surface area contributed by atoms with Gasteiger partial charge in [-0.1, -0.05) is 47.7 Å². The second kappa shape index (κ2) is 7.69. The maximum Gasteiger partial charge on any atom is 0.276 e. The van der Waals surface area contributed by atoms with Crippen LogP contribution in [0.25, 0.3) is 0 Å². The van der Waals surface area contributed by atoms with Gasteiger partial charge in [0, 0.05) is 5.69 Å². The number of carbonyl (C=O) groups is 2. The van der Waals surface area contributed by atoms with Gasteiger partial charge in [0.2, 0.25) is 5.91 Å². The van der Waals surface area contributed by atoms with E-state index in [1.807, 2.05) is 61.5 Å². The Labute approximate surface area is 165 Å². The smallest absolute Gasteiger partial charge is 0.276 e. The first-order valence-corrected chi connectivity index (χ1v) is 9.61. The zero-order valence-corrected chi connectivity index (χ0v) is 15.9. The normalized spacial score (nSPS) is 15.2. The molecule has 7 nitrogen and oxygen atoms in total. The lowest BCUT2D eigenvalue weighted by atomic mass is 10.2. The Bertz CT molecular complexity index is 1040. The predicted octanol–water partition coefficient (Wildman–Crippen LogP) is 3.74. The zero-order valence-electron chi connectivity index (χ0n) is 15.0. The van der Waals surface area contributed by atoms with Gasteiger partial charge < -0.3 is 10.3 Å². The Morgan fingerprint density at radius 2 is 1.93 bits per heavy atom. The number of aromatic nitrogens is 2. The second-order valence-corrected chi connectivity index (χ2v) is 7.11. The van der Waals surface area contributed by atoms with Crippen LogP contribution >= 0.6 is 11.8 Å². The van der Waals surface area contributed by atoms with Crippen molar-refractivity contribution in [1.82, 2.24) is 9.97 Å². The molecule has 28 heavy (non-hydrogen) atoms. The van der Waals surface area contributed by atoms with Crippen LogP contribution in [0.3, 0.4) is 0 Å². The molecule has 2 heterocycles. The summed E-state index contributed by atoms with van der Waals surface area (Å²) in [7, 11) is 0. The molecule has 0 saturated carbocycles. The summed E-state index contributed by atoms with van der Waals surface area (Å²) in [5, 5.41) is 3.31. The van der Waals surface area contributed by atoms with Crippen molar-refractivity contribution >= 4 is 45.9 Å². The summed E-state index contributed by atoms with van der Waals surface area (Å²) in [5.41, 5.74) is 2.76. The number of benzene rings is 2. The van der Waals surface area contributed by atoms with Gasteiger partial charge in [0.25, 0.3) is 5.91 Å². The topological polar surface area (TPSA) is 90.5 Å². The minimum absolute atomic E-state index is 0.0591. The van der Waals surface area contributed by atoms with Gasteiger partial charge in [0.1, 0.15) is 0 Å². The number of imidazole rings is 1. The van der Waals surface area contributed by atoms with E-state index in [1.165, 1.54) is 18.1 Å². The highest BCUT2D eigenvalue weighted by Crippen LogP contribution is 2.29. The van der Waals surface area contributed by atoms with E-state index in [1.54, 1.807) is 4.90 Å². The summed E-state index contributed by atoms with van der Waals surface area (Å²) < 4.78 is 0. The molecule has 2 N–H and O–H groups in total. The van der Waals surface area contributed by atoms with Gasteiger partial charge in [-0.25, -0.2) is 9.98 Å². The van der Waals surface area contributed by atoms with Crippen LogP contribution in [0.4, 0.5) is 17.2 Å². The molecular weight excluding hydrogens is 374 g/mol. The molecule has 2 aromatic carbocycles. The first kappa shape index (κ1) is 18.0. The third-order valence-electron chi connectivity index (χ3n) is 4.14. The van der Waals surface area contributed by atoms with E-state index in [0.717, 1.165) is 11.3 Å². The number of carbonyl (C=O) groups excluding carboxylic acids is 2. The maximum atomic E-state index is 12.6. The number of H-pyrrole nitrogens is 1. The second-order valence-electron chi connectivity index (χ2n) is 6.17. The number of amides is 2. The SMILES string of the molecule is Cc1ccc(NC(=O)c2[nH]cnc2N=C2SCC(=O)N2c2ccccc2)cc1. The molecule has 1 aliphatic heterocycles. The van der Waals surface area contributed by atoms with Crippen molar-refractivity contribution in [2.45, 2.75) is 6.92 Å². The van der Waals surface area contributed by atoms with Crippen LogP contribution in [-0.4, -0.2) is 32.7 Å². The number of rotatable bonds is 4. The van der Waals surface area contributed by atoms with Crippen LogP contribution in [0, 0.1) is 6.92 Å². The molecule has 0 unspecified atom stereocenters. The van der Waals surface area contributed by atoms with Crippen LogP contribution in [0.15, 0.2) is 65.9 Å². The number of nitrogens with one attached hydrogen (secondary N) is 2. The lowest BCUT2D eigenvalue weighted by molar-refractivity contribution is -0.115. The lowest BCUT2D eigenvalue weighted by Gasteiger charge is -2.15. The summed E-state index contributed by atoms with van der Waals surface area (Å²) >= 11 is 1.32. The maximum absolute atomic E-state index is 12.6. The van der Waals surface area contributed by atoms with E-state index >= 15 is 0 Å². The molecule has 4 rings (SSSR count). The number of anilines is 2.